The van der Waals surface area contributed by atoms with Gasteiger partial charge < -0.3 is 14.2 Å². The second kappa shape index (κ2) is 8.74. The summed E-state index contributed by atoms with van der Waals surface area (Å²) in [4.78, 5) is 24.4. The Hall–Kier alpha value is -2.08. The minimum absolute atomic E-state index is 0.0729. The number of carbonyl (C=O) groups is 2. The zero-order valence-corrected chi connectivity index (χ0v) is 16.1. The summed E-state index contributed by atoms with van der Waals surface area (Å²) in [6, 6.07) is 13.4. The van der Waals surface area contributed by atoms with Gasteiger partial charge in [-0.3, -0.25) is 0 Å². The Morgan fingerprint density at radius 3 is 2.30 bits per heavy atom. The Morgan fingerprint density at radius 1 is 1.04 bits per heavy atom. The zero-order valence-electron chi connectivity index (χ0n) is 14.6. The predicted molar refractivity (Wildman–Crippen MR) is 101 cm³/mol. The number of benzene rings is 2. The lowest BCUT2D eigenvalue weighted by Crippen LogP contribution is -2.32. The summed E-state index contributed by atoms with van der Waals surface area (Å²) in [5.74, 6) is -0.986. The van der Waals surface area contributed by atoms with Crippen molar-refractivity contribution in [3.8, 4) is 0 Å². The molecule has 1 fully saturated rings. The molecule has 0 bridgehead atoms. The van der Waals surface area contributed by atoms with Gasteiger partial charge in [-0.25, -0.2) is 9.59 Å². The Kier molecular flexibility index (Phi) is 6.37. The summed E-state index contributed by atoms with van der Waals surface area (Å²) >= 11 is 11.8. The van der Waals surface area contributed by atoms with Crippen molar-refractivity contribution in [2.45, 2.75) is 31.1 Å². The molecule has 0 N–H and O–H groups in total. The molecule has 2 aromatic rings. The molecular weight excluding hydrogens is 391 g/mol. The molecular formula is C20H18Cl2O5. The fraction of sp³-hybridized carbons (Fsp3) is 0.300. The van der Waals surface area contributed by atoms with Crippen molar-refractivity contribution in [2.75, 3.05) is 6.61 Å². The number of halogens is 2. The van der Waals surface area contributed by atoms with Gasteiger partial charge in [0.2, 0.25) is 0 Å². The first-order chi connectivity index (χ1) is 12.9. The average molecular weight is 409 g/mol. The third kappa shape index (κ3) is 5.22. The van der Waals surface area contributed by atoms with Crippen molar-refractivity contribution >= 4 is 35.1 Å². The van der Waals surface area contributed by atoms with Crippen molar-refractivity contribution in [2.24, 2.45) is 0 Å². The minimum atomic E-state index is -0.627. The molecule has 1 unspecified atom stereocenters. The molecule has 0 saturated carbocycles. The van der Waals surface area contributed by atoms with Crippen LogP contribution in [-0.2, 0) is 14.2 Å². The van der Waals surface area contributed by atoms with Crippen LogP contribution >= 0.6 is 23.2 Å². The van der Waals surface area contributed by atoms with Crippen molar-refractivity contribution < 1.29 is 23.8 Å². The normalized spacial score (nSPS) is 21.7. The van der Waals surface area contributed by atoms with Gasteiger partial charge in [0.1, 0.15) is 24.4 Å². The lowest BCUT2D eigenvalue weighted by Gasteiger charge is -2.19. The van der Waals surface area contributed by atoms with Crippen molar-refractivity contribution in [3.05, 3.63) is 70.2 Å². The second-order valence-corrected chi connectivity index (χ2v) is 7.16. The first kappa shape index (κ1) is 19.7. The van der Waals surface area contributed by atoms with E-state index in [2.05, 4.69) is 0 Å². The van der Waals surface area contributed by atoms with Crippen molar-refractivity contribution in [1.82, 2.24) is 0 Å². The fourth-order valence-corrected chi connectivity index (χ4v) is 3.09. The Morgan fingerprint density at radius 2 is 1.63 bits per heavy atom. The maximum absolute atomic E-state index is 12.3. The molecule has 7 heteroatoms. The van der Waals surface area contributed by atoms with Crippen LogP contribution in [0.2, 0.25) is 5.02 Å². The highest BCUT2D eigenvalue weighted by atomic mass is 35.5. The minimum Gasteiger partial charge on any atom is -0.459 e. The molecule has 27 heavy (non-hydrogen) atoms. The lowest BCUT2D eigenvalue weighted by molar-refractivity contribution is -0.0322. The molecule has 0 radical (unpaired) electrons. The fourth-order valence-electron chi connectivity index (χ4n) is 2.66. The Labute approximate surface area is 167 Å². The van der Waals surface area contributed by atoms with E-state index < -0.39 is 29.7 Å². The van der Waals surface area contributed by atoms with E-state index in [0.717, 1.165) is 5.56 Å². The number of hydrogen-bond acceptors (Lipinski definition) is 5. The monoisotopic (exact) mass is 408 g/mol. The van der Waals surface area contributed by atoms with E-state index in [-0.39, 0.29) is 6.61 Å². The quantitative estimate of drug-likeness (QED) is 0.542. The summed E-state index contributed by atoms with van der Waals surface area (Å²) in [6.45, 7) is 1.86. The first-order valence-corrected chi connectivity index (χ1v) is 9.23. The number of hydrogen-bond donors (Lipinski definition) is 0. The first-order valence-electron chi connectivity index (χ1n) is 8.42. The third-order valence-electron chi connectivity index (χ3n) is 4.16. The van der Waals surface area contributed by atoms with E-state index in [0.29, 0.717) is 22.6 Å². The Balaban J connectivity index is 1.58. The predicted octanol–water partition coefficient (Wildman–Crippen LogP) is 4.38. The molecule has 3 rings (SSSR count). The van der Waals surface area contributed by atoms with Gasteiger partial charge in [0.15, 0.2) is 0 Å². The summed E-state index contributed by atoms with van der Waals surface area (Å²) in [7, 11) is 0. The van der Waals surface area contributed by atoms with E-state index in [4.69, 9.17) is 37.4 Å². The number of esters is 2. The molecule has 1 heterocycles. The topological polar surface area (TPSA) is 61.8 Å². The Bertz CT molecular complexity index is 804. The molecule has 0 amide bonds. The standard InChI is InChI=1S/C20H18Cl2O5/c1-12-2-4-14(5-3-12)20(24)27-16-10-18(22)26-17(16)11-25-19(23)13-6-8-15(21)9-7-13/h2-9,16-18H,10-11H2,1H3/t16-,17-,18?/m1/s1. The summed E-state index contributed by atoms with van der Waals surface area (Å²) < 4.78 is 16.3. The molecule has 0 spiro atoms. The lowest BCUT2D eigenvalue weighted by atomic mass is 10.1. The SMILES string of the molecule is Cc1ccc(C(=O)O[C@@H]2CC(Cl)O[C@@H]2COC(=O)c2ccc(Cl)cc2)cc1. The number of rotatable bonds is 5. The van der Waals surface area contributed by atoms with Crippen LogP contribution in [0.1, 0.15) is 32.7 Å². The molecule has 2 aromatic carbocycles. The van der Waals surface area contributed by atoms with Gasteiger partial charge in [0.05, 0.1) is 11.1 Å². The van der Waals surface area contributed by atoms with Gasteiger partial charge >= 0.3 is 11.9 Å². The maximum atomic E-state index is 12.3. The largest absolute Gasteiger partial charge is 0.459 e. The molecule has 3 atom stereocenters. The number of ether oxygens (including phenoxy) is 3. The molecule has 0 aromatic heterocycles. The maximum Gasteiger partial charge on any atom is 0.338 e. The molecule has 5 nitrogen and oxygen atoms in total. The molecule has 1 aliphatic rings. The highest BCUT2D eigenvalue weighted by Gasteiger charge is 2.38. The van der Waals surface area contributed by atoms with Crippen LogP contribution < -0.4 is 0 Å². The van der Waals surface area contributed by atoms with Crippen LogP contribution in [0.4, 0.5) is 0 Å². The van der Waals surface area contributed by atoms with Crippen LogP contribution in [0.3, 0.4) is 0 Å². The van der Waals surface area contributed by atoms with E-state index in [1.54, 1.807) is 36.4 Å². The van der Waals surface area contributed by atoms with Crippen LogP contribution in [-0.4, -0.2) is 36.3 Å². The van der Waals surface area contributed by atoms with Crippen LogP contribution in [0.15, 0.2) is 48.5 Å². The summed E-state index contributed by atoms with van der Waals surface area (Å²) in [6.07, 6.45) is -0.903. The number of carbonyl (C=O) groups excluding carboxylic acids is 2. The van der Waals surface area contributed by atoms with Gasteiger partial charge in [-0.1, -0.05) is 40.9 Å². The number of alkyl halides is 1. The van der Waals surface area contributed by atoms with Crippen molar-refractivity contribution in [3.63, 3.8) is 0 Å². The molecule has 0 aliphatic carbocycles. The second-order valence-electron chi connectivity index (χ2n) is 6.24. The van der Waals surface area contributed by atoms with Gasteiger partial charge in [-0.05, 0) is 43.3 Å². The van der Waals surface area contributed by atoms with Gasteiger partial charge in [-0.15, -0.1) is 0 Å². The zero-order chi connectivity index (χ0) is 19.4. The highest BCUT2D eigenvalue weighted by molar-refractivity contribution is 6.30. The van der Waals surface area contributed by atoms with Gasteiger partial charge in [0, 0.05) is 11.4 Å². The molecule has 1 saturated heterocycles. The van der Waals surface area contributed by atoms with E-state index in [1.165, 1.54) is 0 Å². The summed E-state index contributed by atoms with van der Waals surface area (Å²) in [5, 5.41) is 0.527. The van der Waals surface area contributed by atoms with Crippen LogP contribution in [0.5, 0.6) is 0 Å². The van der Waals surface area contributed by atoms with Crippen LogP contribution in [0, 0.1) is 6.92 Å². The average Bonchev–Trinajstić information content (AvgIpc) is 3.00. The molecule has 142 valence electrons. The third-order valence-corrected chi connectivity index (χ3v) is 4.69. The van der Waals surface area contributed by atoms with E-state index in [1.807, 2.05) is 19.1 Å². The highest BCUT2D eigenvalue weighted by Crippen LogP contribution is 2.27. The number of aryl methyl sites for hydroxylation is 1. The van der Waals surface area contributed by atoms with Crippen LogP contribution in [0.25, 0.3) is 0 Å². The molecule has 1 aliphatic heterocycles. The van der Waals surface area contributed by atoms with Gasteiger partial charge in [0.25, 0.3) is 0 Å². The summed E-state index contributed by atoms with van der Waals surface area (Å²) in [5.41, 5.74) is 1.24. The van der Waals surface area contributed by atoms with E-state index in [9.17, 15) is 9.59 Å². The van der Waals surface area contributed by atoms with Gasteiger partial charge in [-0.2, -0.15) is 0 Å². The van der Waals surface area contributed by atoms with E-state index >= 15 is 0 Å². The van der Waals surface area contributed by atoms with Crippen molar-refractivity contribution in [1.29, 1.82) is 0 Å². The smallest absolute Gasteiger partial charge is 0.338 e.